The van der Waals surface area contributed by atoms with E-state index >= 15 is 0 Å². The van der Waals surface area contributed by atoms with Crippen LogP contribution in [0.25, 0.3) is 0 Å². The molecule has 0 radical (unpaired) electrons. The van der Waals surface area contributed by atoms with Gasteiger partial charge in [-0.1, -0.05) is 19.8 Å². The lowest BCUT2D eigenvalue weighted by atomic mass is 9.87. The van der Waals surface area contributed by atoms with Gasteiger partial charge < -0.3 is 16.0 Å². The van der Waals surface area contributed by atoms with E-state index in [1.165, 1.54) is 12.8 Å². The van der Waals surface area contributed by atoms with E-state index in [1.54, 1.807) is 11.8 Å². The molecule has 8 heteroatoms. The third-order valence-corrected chi connectivity index (χ3v) is 5.95. The van der Waals surface area contributed by atoms with Crippen LogP contribution in [0.1, 0.15) is 39.0 Å². The van der Waals surface area contributed by atoms with Crippen molar-refractivity contribution in [3.05, 3.63) is 0 Å². The summed E-state index contributed by atoms with van der Waals surface area (Å²) in [5, 5.41) is 3.19. The number of nitrogens with one attached hydrogen (secondary N) is 1. The van der Waals surface area contributed by atoms with Crippen LogP contribution in [0.15, 0.2) is 0 Å². The molecule has 1 aliphatic carbocycles. The number of nitrogens with two attached hydrogens (primary N) is 1. The molecule has 26 heavy (non-hydrogen) atoms. The Kier molecular flexibility index (Phi) is 10.9. The molecule has 6 nitrogen and oxygen atoms in total. The van der Waals surface area contributed by atoms with Gasteiger partial charge in [-0.25, -0.2) is 0 Å². The van der Waals surface area contributed by atoms with Crippen molar-refractivity contribution < 1.29 is 9.59 Å². The van der Waals surface area contributed by atoms with Crippen LogP contribution < -0.4 is 11.1 Å². The van der Waals surface area contributed by atoms with Gasteiger partial charge in [-0.05, 0) is 37.2 Å². The van der Waals surface area contributed by atoms with E-state index in [0.29, 0.717) is 31.6 Å². The highest BCUT2D eigenvalue weighted by molar-refractivity contribution is 7.98. The lowest BCUT2D eigenvalue weighted by Gasteiger charge is -2.36. The minimum Gasteiger partial charge on any atom is -0.352 e. The summed E-state index contributed by atoms with van der Waals surface area (Å²) < 4.78 is 0. The fourth-order valence-electron chi connectivity index (χ4n) is 3.77. The van der Waals surface area contributed by atoms with Crippen molar-refractivity contribution in [3.63, 3.8) is 0 Å². The summed E-state index contributed by atoms with van der Waals surface area (Å²) in [5.74, 6) is 1.79. The quantitative estimate of drug-likeness (QED) is 0.666. The van der Waals surface area contributed by atoms with Crippen LogP contribution in [0.5, 0.6) is 0 Å². The standard InChI is InChI=1S/C18H34N4O2S.ClH/c1-14-4-3-5-15(12-14)20-17(23)13-21-7-9-22(10-8-21)18(24)16(19)6-11-25-2;/h14-16H,3-13,19H2,1-2H3,(H,20,23);1H/t14?,15?,16-;/m0./s1. The van der Waals surface area contributed by atoms with Gasteiger partial charge in [0.2, 0.25) is 11.8 Å². The summed E-state index contributed by atoms with van der Waals surface area (Å²) in [6, 6.07) is -0.0517. The first kappa shape index (κ1) is 23.5. The fraction of sp³-hybridized carbons (Fsp3) is 0.889. The molecule has 1 heterocycles. The number of hydrogen-bond donors (Lipinski definition) is 2. The molecular weight excluding hydrogens is 372 g/mol. The Bertz CT molecular complexity index is 447. The summed E-state index contributed by atoms with van der Waals surface area (Å²) in [4.78, 5) is 28.6. The van der Waals surface area contributed by atoms with Crippen LogP contribution in [0.4, 0.5) is 0 Å². The first-order valence-electron chi connectivity index (χ1n) is 9.54. The third kappa shape index (κ3) is 7.62. The highest BCUT2D eigenvalue weighted by Crippen LogP contribution is 2.23. The van der Waals surface area contributed by atoms with Crippen molar-refractivity contribution in [1.82, 2.24) is 15.1 Å². The molecule has 1 aliphatic heterocycles. The molecule has 3 atom stereocenters. The van der Waals surface area contributed by atoms with Gasteiger partial charge in [0.05, 0.1) is 12.6 Å². The maximum absolute atomic E-state index is 12.3. The number of carbonyl (C=O) groups is 2. The van der Waals surface area contributed by atoms with E-state index in [-0.39, 0.29) is 24.2 Å². The molecule has 2 fully saturated rings. The minimum absolute atomic E-state index is 0. The van der Waals surface area contributed by atoms with Crippen LogP contribution in [-0.2, 0) is 9.59 Å². The summed E-state index contributed by atoms with van der Waals surface area (Å²) in [6.45, 7) is 5.52. The van der Waals surface area contributed by atoms with Gasteiger partial charge in [-0.15, -0.1) is 12.4 Å². The number of hydrogen-bond acceptors (Lipinski definition) is 5. The molecular formula is C18H35ClN4O2S. The molecule has 1 saturated carbocycles. The van der Waals surface area contributed by atoms with Crippen LogP contribution in [0.3, 0.4) is 0 Å². The van der Waals surface area contributed by atoms with Crippen LogP contribution in [0, 0.1) is 5.92 Å². The van der Waals surface area contributed by atoms with Gasteiger partial charge in [-0.3, -0.25) is 14.5 Å². The average molecular weight is 407 g/mol. The SMILES string of the molecule is CSCC[C@H](N)C(=O)N1CCN(CC(=O)NC2CCCC(C)C2)CC1.Cl. The Morgan fingerprint density at radius 2 is 1.92 bits per heavy atom. The Hall–Kier alpha value is -0.500. The van der Waals surface area contributed by atoms with Gasteiger partial charge in [0.25, 0.3) is 0 Å². The van der Waals surface area contributed by atoms with Crippen molar-refractivity contribution in [2.45, 2.75) is 51.1 Å². The molecule has 0 bridgehead atoms. The lowest BCUT2D eigenvalue weighted by molar-refractivity contribution is -0.134. The van der Waals surface area contributed by atoms with Crippen LogP contribution in [0.2, 0.25) is 0 Å². The van der Waals surface area contributed by atoms with E-state index in [1.807, 2.05) is 11.2 Å². The Balaban J connectivity index is 0.00000338. The number of halogens is 1. The van der Waals surface area contributed by atoms with Crippen molar-refractivity contribution in [2.75, 3.05) is 44.7 Å². The Morgan fingerprint density at radius 1 is 1.23 bits per heavy atom. The maximum atomic E-state index is 12.3. The molecule has 0 spiro atoms. The van der Waals surface area contributed by atoms with Gasteiger partial charge in [0.1, 0.15) is 0 Å². The van der Waals surface area contributed by atoms with Gasteiger partial charge >= 0.3 is 0 Å². The predicted octanol–water partition coefficient (Wildman–Crippen LogP) is 1.33. The second-order valence-corrected chi connectivity index (χ2v) is 8.51. The highest BCUT2D eigenvalue weighted by Gasteiger charge is 2.26. The van der Waals surface area contributed by atoms with Crippen molar-refractivity contribution in [2.24, 2.45) is 11.7 Å². The van der Waals surface area contributed by atoms with Gasteiger partial charge in [0, 0.05) is 32.2 Å². The number of nitrogens with zero attached hydrogens (tertiary/aromatic N) is 2. The number of thioether (sulfide) groups is 1. The first-order chi connectivity index (χ1) is 12.0. The molecule has 3 N–H and O–H groups in total. The van der Waals surface area contributed by atoms with Gasteiger partial charge in [0.15, 0.2) is 0 Å². The molecule has 0 aromatic carbocycles. The summed E-state index contributed by atoms with van der Waals surface area (Å²) in [6.07, 6.45) is 7.44. The third-order valence-electron chi connectivity index (χ3n) is 5.30. The number of rotatable bonds is 7. The van der Waals surface area contributed by atoms with E-state index < -0.39 is 6.04 Å². The minimum atomic E-state index is -0.393. The van der Waals surface area contributed by atoms with E-state index in [0.717, 1.165) is 38.1 Å². The smallest absolute Gasteiger partial charge is 0.239 e. The first-order valence-corrected chi connectivity index (χ1v) is 10.9. The van der Waals surface area contributed by atoms with Crippen LogP contribution in [-0.4, -0.2) is 78.4 Å². The summed E-state index contributed by atoms with van der Waals surface area (Å²) in [7, 11) is 0. The van der Waals surface area contributed by atoms with Crippen molar-refractivity contribution >= 4 is 36.0 Å². The fourth-order valence-corrected chi connectivity index (χ4v) is 4.26. The molecule has 1 saturated heterocycles. The molecule has 0 aromatic rings. The molecule has 0 aromatic heterocycles. The molecule has 2 aliphatic rings. The average Bonchev–Trinajstić information content (AvgIpc) is 2.59. The number of amides is 2. The second kappa shape index (κ2) is 12.1. The lowest BCUT2D eigenvalue weighted by Crippen LogP contribution is -2.55. The topological polar surface area (TPSA) is 78.7 Å². The summed E-state index contributed by atoms with van der Waals surface area (Å²) in [5.41, 5.74) is 5.98. The monoisotopic (exact) mass is 406 g/mol. The largest absolute Gasteiger partial charge is 0.352 e. The number of piperazine rings is 1. The summed E-state index contributed by atoms with van der Waals surface area (Å²) >= 11 is 1.71. The zero-order chi connectivity index (χ0) is 18.2. The Morgan fingerprint density at radius 3 is 2.54 bits per heavy atom. The van der Waals surface area contributed by atoms with Gasteiger partial charge in [-0.2, -0.15) is 11.8 Å². The maximum Gasteiger partial charge on any atom is 0.239 e. The normalized spacial score (nSPS) is 25.3. The van der Waals surface area contributed by atoms with E-state index in [4.69, 9.17) is 5.73 Å². The molecule has 2 amide bonds. The highest BCUT2D eigenvalue weighted by atomic mass is 35.5. The predicted molar refractivity (Wildman–Crippen MR) is 111 cm³/mol. The van der Waals surface area contributed by atoms with E-state index in [2.05, 4.69) is 17.1 Å². The number of carbonyl (C=O) groups excluding carboxylic acids is 2. The zero-order valence-electron chi connectivity index (χ0n) is 16.1. The van der Waals surface area contributed by atoms with Crippen molar-refractivity contribution in [1.29, 1.82) is 0 Å². The van der Waals surface area contributed by atoms with E-state index in [9.17, 15) is 9.59 Å². The van der Waals surface area contributed by atoms with Crippen molar-refractivity contribution in [3.8, 4) is 0 Å². The van der Waals surface area contributed by atoms with Crippen LogP contribution >= 0.6 is 24.2 Å². The second-order valence-electron chi connectivity index (χ2n) is 7.53. The zero-order valence-corrected chi connectivity index (χ0v) is 17.7. The Labute approximate surface area is 168 Å². The molecule has 152 valence electrons. The molecule has 2 rings (SSSR count). The molecule has 2 unspecified atom stereocenters.